The van der Waals surface area contributed by atoms with Crippen molar-refractivity contribution in [3.63, 3.8) is 0 Å². The Morgan fingerprint density at radius 3 is 2.45 bits per heavy atom. The summed E-state index contributed by atoms with van der Waals surface area (Å²) in [4.78, 5) is 28.3. The number of halogens is 1. The number of benzene rings is 3. The summed E-state index contributed by atoms with van der Waals surface area (Å²) < 4.78 is 32.9. The number of nitrogens with zero attached hydrogens (tertiary/aromatic N) is 1. The highest BCUT2D eigenvalue weighted by Gasteiger charge is 2.37. The minimum absolute atomic E-state index is 0.187. The second-order valence-electron chi connectivity index (χ2n) is 12.1. The van der Waals surface area contributed by atoms with E-state index in [0.29, 0.717) is 65.2 Å². The number of carboxylic acid groups (broad SMARTS) is 1. The Bertz CT molecular complexity index is 1590. The van der Waals surface area contributed by atoms with Gasteiger partial charge in [-0.15, -0.1) is 0 Å². The highest BCUT2D eigenvalue weighted by Crippen LogP contribution is 2.48. The Labute approximate surface area is 246 Å². The van der Waals surface area contributed by atoms with Gasteiger partial charge in [-0.25, -0.2) is 9.18 Å². The number of carbonyl (C=O) groups excluding carboxylic acids is 1. The lowest BCUT2D eigenvalue weighted by Gasteiger charge is -2.30. The second kappa shape index (κ2) is 11.1. The van der Waals surface area contributed by atoms with Crippen LogP contribution >= 0.6 is 0 Å². The topological polar surface area (TPSA) is 85.3 Å². The Morgan fingerprint density at radius 2 is 1.79 bits per heavy atom. The molecule has 0 bridgehead atoms. The molecule has 5 rings (SSSR count). The average Bonchev–Trinajstić information content (AvgIpc) is 3.36. The Balaban J connectivity index is 1.76. The van der Waals surface area contributed by atoms with Crippen LogP contribution in [0.5, 0.6) is 11.5 Å². The molecule has 42 heavy (non-hydrogen) atoms. The Hall–Kier alpha value is -3.91. The Morgan fingerprint density at radius 1 is 1.05 bits per heavy atom. The average molecular weight is 576 g/mol. The quantitative estimate of drug-likeness (QED) is 0.344. The van der Waals surface area contributed by atoms with Crippen molar-refractivity contribution < 1.29 is 33.3 Å². The molecular weight excluding hydrogens is 537 g/mol. The molecule has 0 saturated carbocycles. The van der Waals surface area contributed by atoms with Gasteiger partial charge >= 0.3 is 5.97 Å². The van der Waals surface area contributed by atoms with E-state index in [1.54, 1.807) is 24.1 Å². The molecule has 1 atom stereocenters. The normalized spacial score (nSPS) is 15.1. The molecule has 1 N–H and O–H groups in total. The lowest BCUT2D eigenvalue weighted by molar-refractivity contribution is -0.160. The first-order chi connectivity index (χ1) is 19.8. The largest absolute Gasteiger partial charge is 0.496 e. The highest BCUT2D eigenvalue weighted by atomic mass is 19.1. The number of rotatable bonds is 6. The molecule has 8 heteroatoms. The van der Waals surface area contributed by atoms with E-state index < -0.39 is 23.5 Å². The van der Waals surface area contributed by atoms with Crippen molar-refractivity contribution >= 4 is 17.6 Å². The van der Waals surface area contributed by atoms with Gasteiger partial charge in [0.15, 0.2) is 17.7 Å². The molecule has 1 amide bonds. The van der Waals surface area contributed by atoms with Crippen LogP contribution in [0.2, 0.25) is 0 Å². The number of ether oxygens (including phenoxy) is 3. The van der Waals surface area contributed by atoms with Crippen LogP contribution in [0.4, 0.5) is 10.1 Å². The fourth-order valence-electron chi connectivity index (χ4n) is 6.16. The summed E-state index contributed by atoms with van der Waals surface area (Å²) in [5.41, 5.74) is 6.10. The summed E-state index contributed by atoms with van der Waals surface area (Å²) in [5, 5.41) is 10.4. The molecule has 7 nitrogen and oxygen atoms in total. The fraction of sp³-hybridized carbons (Fsp3) is 0.412. The van der Waals surface area contributed by atoms with Crippen molar-refractivity contribution in [2.75, 3.05) is 25.2 Å². The van der Waals surface area contributed by atoms with Gasteiger partial charge in [0.2, 0.25) is 0 Å². The van der Waals surface area contributed by atoms with Crippen molar-refractivity contribution in [2.24, 2.45) is 0 Å². The summed E-state index contributed by atoms with van der Waals surface area (Å²) in [6.07, 6.45) is 0.605. The van der Waals surface area contributed by atoms with E-state index in [-0.39, 0.29) is 11.7 Å². The first-order valence-electron chi connectivity index (χ1n) is 14.3. The van der Waals surface area contributed by atoms with Gasteiger partial charge in [0.25, 0.3) is 5.91 Å². The van der Waals surface area contributed by atoms with Gasteiger partial charge < -0.3 is 24.2 Å². The van der Waals surface area contributed by atoms with E-state index in [2.05, 4.69) is 0 Å². The number of anilines is 1. The van der Waals surface area contributed by atoms with Crippen LogP contribution in [0.15, 0.2) is 30.3 Å². The number of fused-ring (bicyclic) bond motifs is 2. The lowest BCUT2D eigenvalue weighted by atomic mass is 9.83. The predicted molar refractivity (Wildman–Crippen MR) is 159 cm³/mol. The molecule has 2 heterocycles. The number of hydrogen-bond donors (Lipinski definition) is 1. The second-order valence-corrected chi connectivity index (χ2v) is 12.1. The molecule has 2 aliphatic rings. The third kappa shape index (κ3) is 5.24. The minimum Gasteiger partial charge on any atom is -0.496 e. The summed E-state index contributed by atoms with van der Waals surface area (Å²) in [7, 11) is 1.57. The first-order valence-corrected chi connectivity index (χ1v) is 14.3. The smallest absolute Gasteiger partial charge is 0.337 e. The minimum atomic E-state index is -1.30. The van der Waals surface area contributed by atoms with E-state index in [0.717, 1.165) is 28.7 Å². The van der Waals surface area contributed by atoms with E-state index in [1.807, 2.05) is 53.7 Å². The number of carbonyl (C=O) groups is 2. The zero-order chi connectivity index (χ0) is 30.5. The van der Waals surface area contributed by atoms with Gasteiger partial charge in [-0.1, -0.05) is 6.07 Å². The van der Waals surface area contributed by atoms with Gasteiger partial charge in [0.1, 0.15) is 5.75 Å². The van der Waals surface area contributed by atoms with Crippen LogP contribution in [0.3, 0.4) is 0 Å². The van der Waals surface area contributed by atoms with Crippen LogP contribution in [-0.2, 0) is 22.4 Å². The molecule has 0 spiro atoms. The molecular formula is C34H38FNO6. The molecule has 222 valence electrons. The van der Waals surface area contributed by atoms with E-state index >= 15 is 4.39 Å². The van der Waals surface area contributed by atoms with E-state index in [1.165, 1.54) is 6.07 Å². The van der Waals surface area contributed by atoms with Crippen molar-refractivity contribution in [1.29, 1.82) is 0 Å². The third-order valence-electron chi connectivity index (χ3n) is 8.10. The van der Waals surface area contributed by atoms with Crippen LogP contribution in [-0.4, -0.2) is 42.8 Å². The fourth-order valence-corrected chi connectivity index (χ4v) is 6.16. The summed E-state index contributed by atoms with van der Waals surface area (Å²) in [5.74, 6) is -0.913. The SMILES string of the molecule is COc1cc(C(=O)N2CCc3c2cc(C)c([C@H](OC(C)(C)C)C(=O)O)c3-c2cc(F)c3c(c2C)CCCO3)ccc1C. The number of amides is 1. The van der Waals surface area contributed by atoms with Gasteiger partial charge in [0.05, 0.1) is 19.3 Å². The van der Waals surface area contributed by atoms with Crippen molar-refractivity contribution in [3.05, 3.63) is 75.1 Å². The Kier molecular flexibility index (Phi) is 7.79. The number of methoxy groups -OCH3 is 1. The summed E-state index contributed by atoms with van der Waals surface area (Å²) in [6.45, 7) is 11.9. The van der Waals surface area contributed by atoms with Crippen LogP contribution in [0.25, 0.3) is 11.1 Å². The standard InChI is InChI=1S/C34H38FNO6/c1-18-10-11-21(16-27(18)40-7)32(37)36-13-12-23-26(36)15-19(2)28(31(33(38)39)42-34(4,5)6)29(23)24-17-25(35)30-22(20(24)3)9-8-14-41-30/h10-11,15-17,31H,8-9,12-14H2,1-7H3,(H,38,39)/t31-/m0/s1. The maximum atomic E-state index is 15.6. The molecule has 3 aromatic rings. The van der Waals surface area contributed by atoms with Crippen molar-refractivity contribution in [3.8, 4) is 22.6 Å². The highest BCUT2D eigenvalue weighted by molar-refractivity contribution is 6.08. The van der Waals surface area contributed by atoms with Gasteiger partial charge in [-0.05, 0) is 118 Å². The number of aliphatic carboxylic acids is 1. The number of carboxylic acids is 1. The molecule has 0 radical (unpaired) electrons. The van der Waals surface area contributed by atoms with Gasteiger partial charge in [-0.3, -0.25) is 4.79 Å². The zero-order valence-corrected chi connectivity index (χ0v) is 25.3. The molecule has 0 unspecified atom stereocenters. The van der Waals surface area contributed by atoms with Gasteiger partial charge in [-0.2, -0.15) is 0 Å². The maximum Gasteiger partial charge on any atom is 0.337 e. The maximum absolute atomic E-state index is 15.6. The zero-order valence-electron chi connectivity index (χ0n) is 25.3. The molecule has 0 aliphatic carbocycles. The predicted octanol–water partition coefficient (Wildman–Crippen LogP) is 6.90. The molecule has 3 aromatic carbocycles. The van der Waals surface area contributed by atoms with E-state index in [9.17, 15) is 14.7 Å². The number of hydrogen-bond acceptors (Lipinski definition) is 5. The first kappa shape index (κ1) is 29.6. The third-order valence-corrected chi connectivity index (χ3v) is 8.10. The molecule has 0 aromatic heterocycles. The van der Waals surface area contributed by atoms with Gasteiger partial charge in [0, 0.05) is 28.9 Å². The molecule has 2 aliphatic heterocycles. The molecule has 0 fully saturated rings. The van der Waals surface area contributed by atoms with Crippen LogP contribution in [0.1, 0.15) is 77.0 Å². The summed E-state index contributed by atoms with van der Waals surface area (Å²) >= 11 is 0. The van der Waals surface area contributed by atoms with Crippen LogP contribution < -0.4 is 14.4 Å². The summed E-state index contributed by atoms with van der Waals surface area (Å²) in [6, 6.07) is 8.67. The van der Waals surface area contributed by atoms with E-state index in [4.69, 9.17) is 14.2 Å². The lowest BCUT2D eigenvalue weighted by Crippen LogP contribution is -2.29. The van der Waals surface area contributed by atoms with Crippen molar-refractivity contribution in [1.82, 2.24) is 0 Å². The monoisotopic (exact) mass is 575 g/mol. The van der Waals surface area contributed by atoms with Crippen LogP contribution in [0, 0.1) is 26.6 Å². The number of aryl methyl sites for hydroxylation is 2. The molecule has 0 saturated heterocycles. The van der Waals surface area contributed by atoms with Crippen molar-refractivity contribution in [2.45, 2.75) is 72.5 Å².